The largest absolute Gasteiger partial charge is 0.492 e. The van der Waals surface area contributed by atoms with Crippen molar-refractivity contribution in [2.24, 2.45) is 5.92 Å². The van der Waals surface area contributed by atoms with Crippen LogP contribution in [0.1, 0.15) is 34.6 Å². The van der Waals surface area contributed by atoms with Gasteiger partial charge < -0.3 is 14.6 Å². The molecule has 0 unspecified atom stereocenters. The van der Waals surface area contributed by atoms with E-state index in [1.165, 1.54) is 36.4 Å². The van der Waals surface area contributed by atoms with Gasteiger partial charge in [0.2, 0.25) is 0 Å². The molecule has 3 aromatic rings. The van der Waals surface area contributed by atoms with Crippen LogP contribution in [0.25, 0.3) is 0 Å². The number of aryl methyl sites for hydroxylation is 1. The van der Waals surface area contributed by atoms with E-state index in [2.05, 4.69) is 0 Å². The molecule has 0 radical (unpaired) electrons. The van der Waals surface area contributed by atoms with Crippen LogP contribution in [0, 0.1) is 30.3 Å². The van der Waals surface area contributed by atoms with Gasteiger partial charge in [-0.25, -0.2) is 13.2 Å². The highest BCUT2D eigenvalue weighted by molar-refractivity contribution is 5.74. The minimum atomic E-state index is -0.902. The van der Waals surface area contributed by atoms with E-state index in [4.69, 9.17) is 9.47 Å². The molecular formula is C26H23F3O4. The molecule has 1 heterocycles. The van der Waals surface area contributed by atoms with E-state index in [-0.39, 0.29) is 13.2 Å². The number of hydrogen-bond acceptors (Lipinski definition) is 4. The van der Waals surface area contributed by atoms with E-state index in [0.29, 0.717) is 34.4 Å². The van der Waals surface area contributed by atoms with Gasteiger partial charge in [0.05, 0.1) is 12.7 Å². The normalized spacial score (nSPS) is 18.3. The average Bonchev–Trinajstić information content (AvgIpc) is 2.77. The molecule has 4 nitrogen and oxygen atoms in total. The number of carbonyl (C=O) groups excluding carboxylic acids is 1. The second-order valence-corrected chi connectivity index (χ2v) is 8.12. The topological polar surface area (TPSA) is 55.8 Å². The second kappa shape index (κ2) is 9.67. The van der Waals surface area contributed by atoms with Gasteiger partial charge in [0, 0.05) is 17.9 Å². The van der Waals surface area contributed by atoms with Crippen LogP contribution in [-0.4, -0.2) is 30.4 Å². The van der Waals surface area contributed by atoms with Crippen LogP contribution in [0.5, 0.6) is 5.75 Å². The first-order valence-corrected chi connectivity index (χ1v) is 10.6. The number of aliphatic hydroxyl groups is 1. The second-order valence-electron chi connectivity index (χ2n) is 8.12. The fourth-order valence-electron chi connectivity index (χ4n) is 4.13. The third-order valence-electron chi connectivity index (χ3n) is 5.82. The molecule has 2 atom stereocenters. The highest BCUT2D eigenvalue weighted by Gasteiger charge is 2.34. The molecule has 33 heavy (non-hydrogen) atoms. The van der Waals surface area contributed by atoms with Crippen LogP contribution in [0.15, 0.2) is 60.7 Å². The first kappa shape index (κ1) is 22.9. The molecule has 4 rings (SSSR count). The zero-order valence-electron chi connectivity index (χ0n) is 17.9. The molecule has 0 spiro atoms. The van der Waals surface area contributed by atoms with Gasteiger partial charge in [-0.15, -0.1) is 0 Å². The quantitative estimate of drug-likeness (QED) is 0.424. The first-order valence-electron chi connectivity index (χ1n) is 10.6. The maximum absolute atomic E-state index is 14.6. The summed E-state index contributed by atoms with van der Waals surface area (Å²) < 4.78 is 52.8. The maximum Gasteiger partial charge on any atom is 0.315 e. The van der Waals surface area contributed by atoms with Crippen molar-refractivity contribution in [1.29, 1.82) is 0 Å². The minimum absolute atomic E-state index is 0.147. The van der Waals surface area contributed by atoms with Crippen LogP contribution in [0.3, 0.4) is 0 Å². The molecular weight excluding hydrogens is 433 g/mol. The minimum Gasteiger partial charge on any atom is -0.492 e. The van der Waals surface area contributed by atoms with Crippen molar-refractivity contribution in [3.63, 3.8) is 0 Å². The highest BCUT2D eigenvalue weighted by atomic mass is 19.1. The van der Waals surface area contributed by atoms with E-state index in [9.17, 15) is 23.1 Å². The lowest BCUT2D eigenvalue weighted by Crippen LogP contribution is -2.40. The van der Waals surface area contributed by atoms with Crippen LogP contribution in [0.4, 0.5) is 13.2 Å². The molecule has 172 valence electrons. The molecule has 1 aliphatic heterocycles. The van der Waals surface area contributed by atoms with E-state index in [1.54, 1.807) is 31.2 Å². The number of esters is 1. The summed E-state index contributed by atoms with van der Waals surface area (Å²) in [4.78, 5) is 12.1. The Balaban J connectivity index is 1.78. The SMILES string of the molecule is Cc1cc(F)cc(C(c2ccc(F)cc2)c2ccc(F)cc2)c1OC[C@@H]1C(=O)OCC[C@H]1O. The maximum atomic E-state index is 14.6. The summed E-state index contributed by atoms with van der Waals surface area (Å²) in [6.45, 7) is 1.66. The Morgan fingerprint density at radius 1 is 0.970 bits per heavy atom. The van der Waals surface area contributed by atoms with Crippen molar-refractivity contribution in [3.05, 3.63) is 100 Å². The van der Waals surface area contributed by atoms with Gasteiger partial charge in [-0.2, -0.15) is 0 Å². The van der Waals surface area contributed by atoms with Crippen LogP contribution in [0.2, 0.25) is 0 Å². The standard InChI is InChI=1S/C26H23F3O4/c1-15-12-20(29)13-21(25(15)33-14-22-23(30)10-11-32-26(22)31)24(16-2-6-18(27)7-3-16)17-4-8-19(28)9-5-17/h2-9,12-13,22-24,30H,10-11,14H2,1H3/t22-,23+/m0/s1. The fourth-order valence-corrected chi connectivity index (χ4v) is 4.13. The predicted octanol–water partition coefficient (Wildman–Crippen LogP) is 4.90. The zero-order chi connectivity index (χ0) is 23.5. The third-order valence-corrected chi connectivity index (χ3v) is 5.82. The molecule has 0 amide bonds. The molecule has 1 N–H and O–H groups in total. The number of ether oxygens (including phenoxy) is 2. The van der Waals surface area contributed by atoms with Gasteiger partial charge in [-0.05, 0) is 60.0 Å². The summed E-state index contributed by atoms with van der Waals surface area (Å²) in [6.07, 6.45) is -0.594. The molecule has 0 aliphatic carbocycles. The molecule has 1 aliphatic rings. The van der Waals surface area contributed by atoms with Crippen molar-refractivity contribution in [1.82, 2.24) is 0 Å². The molecule has 7 heteroatoms. The van der Waals surface area contributed by atoms with E-state index >= 15 is 0 Å². The van der Waals surface area contributed by atoms with Crippen molar-refractivity contribution in [3.8, 4) is 5.75 Å². The predicted molar refractivity (Wildman–Crippen MR) is 115 cm³/mol. The third kappa shape index (κ3) is 5.03. The first-order chi connectivity index (χ1) is 15.8. The monoisotopic (exact) mass is 456 g/mol. The molecule has 0 saturated carbocycles. The number of hydrogen-bond donors (Lipinski definition) is 1. The number of carbonyl (C=O) groups is 1. The van der Waals surface area contributed by atoms with Gasteiger partial charge in [-0.1, -0.05) is 24.3 Å². The van der Waals surface area contributed by atoms with Gasteiger partial charge >= 0.3 is 5.97 Å². The Hall–Kier alpha value is -3.32. The van der Waals surface area contributed by atoms with E-state index in [1.807, 2.05) is 0 Å². The van der Waals surface area contributed by atoms with E-state index in [0.717, 1.165) is 0 Å². The van der Waals surface area contributed by atoms with Gasteiger partial charge in [0.1, 0.15) is 35.7 Å². The Kier molecular flexibility index (Phi) is 6.70. The van der Waals surface area contributed by atoms with Gasteiger partial charge in [0.15, 0.2) is 0 Å². The van der Waals surface area contributed by atoms with E-state index < -0.39 is 41.4 Å². The van der Waals surface area contributed by atoms with Crippen molar-refractivity contribution in [2.75, 3.05) is 13.2 Å². The summed E-state index contributed by atoms with van der Waals surface area (Å²) in [5, 5.41) is 10.2. The summed E-state index contributed by atoms with van der Waals surface area (Å²) in [7, 11) is 0. The Labute approximate surface area is 189 Å². The van der Waals surface area contributed by atoms with Crippen LogP contribution in [-0.2, 0) is 9.53 Å². The summed E-state index contributed by atoms with van der Waals surface area (Å²) in [5.41, 5.74) is 2.22. The number of aliphatic hydroxyl groups excluding tert-OH is 1. The Bertz CT molecular complexity index is 1080. The average molecular weight is 456 g/mol. The van der Waals surface area contributed by atoms with Crippen molar-refractivity contribution >= 4 is 5.97 Å². The number of halogens is 3. The lowest BCUT2D eigenvalue weighted by molar-refractivity contribution is -0.162. The van der Waals surface area contributed by atoms with Gasteiger partial charge in [-0.3, -0.25) is 4.79 Å². The zero-order valence-corrected chi connectivity index (χ0v) is 17.9. The lowest BCUT2D eigenvalue weighted by Gasteiger charge is -2.28. The summed E-state index contributed by atoms with van der Waals surface area (Å²) >= 11 is 0. The summed E-state index contributed by atoms with van der Waals surface area (Å²) in [5.74, 6) is -3.03. The van der Waals surface area contributed by atoms with Crippen molar-refractivity contribution in [2.45, 2.75) is 25.4 Å². The van der Waals surface area contributed by atoms with Crippen LogP contribution < -0.4 is 4.74 Å². The molecule has 1 fully saturated rings. The molecule has 1 saturated heterocycles. The van der Waals surface area contributed by atoms with Crippen LogP contribution >= 0.6 is 0 Å². The smallest absolute Gasteiger partial charge is 0.315 e. The lowest BCUT2D eigenvalue weighted by atomic mass is 9.83. The fraction of sp³-hybridized carbons (Fsp3) is 0.269. The van der Waals surface area contributed by atoms with Crippen molar-refractivity contribution < 1.29 is 32.5 Å². The molecule has 3 aromatic carbocycles. The number of rotatable bonds is 6. The molecule has 0 bridgehead atoms. The summed E-state index contributed by atoms with van der Waals surface area (Å²) in [6, 6.07) is 14.1. The number of benzene rings is 3. The highest BCUT2D eigenvalue weighted by Crippen LogP contribution is 2.40. The Morgan fingerprint density at radius 3 is 2.09 bits per heavy atom. The number of cyclic esters (lactones) is 1. The Morgan fingerprint density at radius 2 is 1.55 bits per heavy atom. The van der Waals surface area contributed by atoms with Gasteiger partial charge in [0.25, 0.3) is 0 Å². The molecule has 0 aromatic heterocycles.